The van der Waals surface area contributed by atoms with Crippen LogP contribution in [0.1, 0.15) is 87.0 Å². The highest BCUT2D eigenvalue weighted by Crippen LogP contribution is 2.43. The van der Waals surface area contributed by atoms with E-state index in [2.05, 4.69) is 39.8 Å². The molecule has 7 heteroatoms. The Balaban J connectivity index is 0.00000216. The Labute approximate surface area is 242 Å². The third-order valence-electron chi connectivity index (χ3n) is 8.93. The summed E-state index contributed by atoms with van der Waals surface area (Å²) in [5.74, 6) is 0.776. The molecule has 228 valence electrons. The third-order valence-corrected chi connectivity index (χ3v) is 8.93. The molecule has 0 amide bonds. The Morgan fingerprint density at radius 2 is 1.88 bits per heavy atom. The van der Waals surface area contributed by atoms with Gasteiger partial charge >= 0.3 is 0 Å². The molecule has 3 heterocycles. The maximum absolute atomic E-state index is 11.9. The maximum Gasteiger partial charge on any atom is 0.150 e. The first-order valence-electron chi connectivity index (χ1n) is 15.4. The van der Waals surface area contributed by atoms with Crippen LogP contribution in [0.25, 0.3) is 0 Å². The van der Waals surface area contributed by atoms with Gasteiger partial charge in [-0.1, -0.05) is 57.6 Å². The van der Waals surface area contributed by atoms with Crippen LogP contribution in [0.5, 0.6) is 0 Å². The van der Waals surface area contributed by atoms with Gasteiger partial charge in [-0.2, -0.15) is 0 Å². The number of aliphatic hydroxyl groups excluding tert-OH is 1. The van der Waals surface area contributed by atoms with Crippen LogP contribution >= 0.6 is 0 Å². The van der Waals surface area contributed by atoms with E-state index >= 15 is 0 Å². The molecule has 2 bridgehead atoms. The van der Waals surface area contributed by atoms with Crippen molar-refractivity contribution in [3.05, 3.63) is 47.1 Å². The van der Waals surface area contributed by atoms with E-state index in [0.29, 0.717) is 23.0 Å². The molecule has 2 N–H and O–H groups in total. The molecular weight excluding hydrogens is 508 g/mol. The van der Waals surface area contributed by atoms with Crippen molar-refractivity contribution in [1.82, 2.24) is 0 Å². The summed E-state index contributed by atoms with van der Waals surface area (Å²) in [4.78, 5) is 12.1. The number of allylic oxidation sites excluding steroid dienone is 4. The maximum atomic E-state index is 11.9. The zero-order chi connectivity index (χ0) is 29.4. The van der Waals surface area contributed by atoms with Crippen LogP contribution < -0.4 is 0 Å². The molecule has 0 aromatic carbocycles. The molecule has 0 saturated carbocycles. The minimum absolute atomic E-state index is 0.0396. The van der Waals surface area contributed by atoms with Crippen LogP contribution in [0, 0.1) is 11.8 Å². The Bertz CT molecular complexity index is 924. The standard InChI is InChI=1S/C31H48O7.C2H6/c1-19-8-7-9-24-18-35-30-29(32)22(4)15-28(31(24,30)33)38-37-27-16-25(12-10-20(2)14-19)36-26(17-27)13-11-21(3)23(5)34-6;1-2/h7-10,15,19,21,23,25-30,32-33H,11-14,16-18H2,1-6H3;1-2H3/b8-7+,20-10+,24-9+;/t19-,21-,23+,25+,26?,27-,28+,29?,30?,31+;/m0./s1. The molecule has 2 saturated heterocycles. The summed E-state index contributed by atoms with van der Waals surface area (Å²) in [6, 6.07) is 0. The van der Waals surface area contributed by atoms with Gasteiger partial charge in [0.1, 0.15) is 23.9 Å². The van der Waals surface area contributed by atoms with Gasteiger partial charge in [0.15, 0.2) is 0 Å². The van der Waals surface area contributed by atoms with Gasteiger partial charge in [0.2, 0.25) is 0 Å². The van der Waals surface area contributed by atoms with Crippen molar-refractivity contribution in [1.29, 1.82) is 0 Å². The Kier molecular flexibility index (Phi) is 12.6. The first-order valence-corrected chi connectivity index (χ1v) is 15.4. The van der Waals surface area contributed by atoms with Gasteiger partial charge in [-0.05, 0) is 75.5 Å². The monoisotopic (exact) mass is 562 g/mol. The van der Waals surface area contributed by atoms with Crippen LogP contribution in [-0.4, -0.2) is 72.3 Å². The van der Waals surface area contributed by atoms with E-state index in [0.717, 1.165) is 38.5 Å². The topological polar surface area (TPSA) is 86.6 Å². The van der Waals surface area contributed by atoms with E-state index in [4.69, 9.17) is 24.0 Å². The van der Waals surface area contributed by atoms with Crippen molar-refractivity contribution >= 4 is 0 Å². The second-order valence-corrected chi connectivity index (χ2v) is 12.0. The average Bonchev–Trinajstić information content (AvgIpc) is 3.29. The first-order chi connectivity index (χ1) is 19.1. The van der Waals surface area contributed by atoms with Gasteiger partial charge in [0, 0.05) is 20.0 Å². The van der Waals surface area contributed by atoms with E-state index in [-0.39, 0.29) is 31.0 Å². The normalized spacial score (nSPS) is 41.5. The van der Waals surface area contributed by atoms with Gasteiger partial charge < -0.3 is 24.4 Å². The minimum Gasteiger partial charge on any atom is -0.386 e. The lowest BCUT2D eigenvalue weighted by Crippen LogP contribution is -2.58. The average molecular weight is 563 g/mol. The van der Waals surface area contributed by atoms with Crippen LogP contribution in [0.4, 0.5) is 0 Å². The summed E-state index contributed by atoms with van der Waals surface area (Å²) in [6.45, 7) is 14.8. The van der Waals surface area contributed by atoms with Crippen LogP contribution in [0.3, 0.4) is 0 Å². The highest BCUT2D eigenvalue weighted by molar-refractivity contribution is 5.38. The molecule has 4 rings (SSSR count). The molecule has 2 fully saturated rings. The highest BCUT2D eigenvalue weighted by Gasteiger charge is 2.58. The SMILES string of the molecule is CC.CO[C@H](C)[C@@H](C)CCC1C[C@@H]2C[C@@H](C/C=C(\C)C[C@@H](C)/C=C/C=C3\COC4C(O)C(C)=C[C@@H](OO2)[C@]34O)O1. The molecule has 3 unspecified atom stereocenters. The Morgan fingerprint density at radius 3 is 2.60 bits per heavy atom. The Morgan fingerprint density at radius 1 is 1.12 bits per heavy atom. The number of hydrogen-bond acceptors (Lipinski definition) is 7. The van der Waals surface area contributed by atoms with Crippen molar-refractivity contribution in [2.75, 3.05) is 13.7 Å². The van der Waals surface area contributed by atoms with Gasteiger partial charge in [-0.3, -0.25) is 0 Å². The second-order valence-electron chi connectivity index (χ2n) is 12.0. The fourth-order valence-corrected chi connectivity index (χ4v) is 6.16. The zero-order valence-corrected chi connectivity index (χ0v) is 26.0. The van der Waals surface area contributed by atoms with Crippen LogP contribution in [-0.2, 0) is 24.0 Å². The van der Waals surface area contributed by atoms with Crippen LogP contribution in [0.15, 0.2) is 47.1 Å². The molecule has 7 nitrogen and oxygen atoms in total. The van der Waals surface area contributed by atoms with E-state index < -0.39 is 23.9 Å². The van der Waals surface area contributed by atoms with E-state index in [1.807, 2.05) is 32.9 Å². The van der Waals surface area contributed by atoms with E-state index in [9.17, 15) is 10.2 Å². The molecule has 0 spiro atoms. The third kappa shape index (κ3) is 7.94. The molecule has 0 aromatic heterocycles. The highest BCUT2D eigenvalue weighted by atomic mass is 17.2. The predicted molar refractivity (Wildman–Crippen MR) is 158 cm³/mol. The molecule has 4 aliphatic rings. The summed E-state index contributed by atoms with van der Waals surface area (Å²) >= 11 is 0. The fraction of sp³-hybridized carbons (Fsp3) is 0.758. The number of rotatable bonds is 5. The summed E-state index contributed by atoms with van der Waals surface area (Å²) < 4.78 is 18.0. The van der Waals surface area contributed by atoms with E-state index in [1.165, 1.54) is 5.57 Å². The smallest absolute Gasteiger partial charge is 0.150 e. The van der Waals surface area contributed by atoms with Crippen molar-refractivity contribution in [2.24, 2.45) is 11.8 Å². The lowest BCUT2D eigenvalue weighted by Gasteiger charge is -2.42. The molecular formula is C33H54O7. The number of hydrogen-bond donors (Lipinski definition) is 2. The minimum atomic E-state index is -1.50. The van der Waals surface area contributed by atoms with Gasteiger partial charge in [-0.15, -0.1) is 0 Å². The lowest BCUT2D eigenvalue weighted by molar-refractivity contribution is -0.377. The van der Waals surface area contributed by atoms with Crippen molar-refractivity contribution in [3.63, 3.8) is 0 Å². The van der Waals surface area contributed by atoms with Gasteiger partial charge in [0.05, 0.1) is 31.0 Å². The predicted octanol–water partition coefficient (Wildman–Crippen LogP) is 6.01. The summed E-state index contributed by atoms with van der Waals surface area (Å²) in [5.41, 5.74) is 1.22. The van der Waals surface area contributed by atoms with Gasteiger partial charge in [0.25, 0.3) is 0 Å². The van der Waals surface area contributed by atoms with Crippen molar-refractivity contribution in [3.8, 4) is 0 Å². The molecule has 1 aliphatic carbocycles. The number of aliphatic hydroxyl groups is 2. The number of fused-ring (bicyclic) bond motifs is 2. The lowest BCUT2D eigenvalue weighted by atomic mass is 9.76. The summed E-state index contributed by atoms with van der Waals surface area (Å²) in [5, 5.41) is 22.7. The zero-order valence-electron chi connectivity index (χ0n) is 26.0. The largest absolute Gasteiger partial charge is 0.386 e. The number of methoxy groups -OCH3 is 1. The van der Waals surface area contributed by atoms with Crippen molar-refractivity contribution in [2.45, 2.75) is 135 Å². The molecule has 10 atom stereocenters. The molecule has 0 aromatic rings. The van der Waals surface area contributed by atoms with Gasteiger partial charge in [-0.25, -0.2) is 9.78 Å². The summed E-state index contributed by atoms with van der Waals surface area (Å²) in [7, 11) is 1.76. The fourth-order valence-electron chi connectivity index (χ4n) is 6.16. The molecule has 0 radical (unpaired) electrons. The number of ether oxygens (including phenoxy) is 3. The second kappa shape index (κ2) is 15.2. The summed E-state index contributed by atoms with van der Waals surface area (Å²) in [6.07, 6.45) is 12.9. The van der Waals surface area contributed by atoms with E-state index in [1.54, 1.807) is 13.2 Å². The quantitative estimate of drug-likeness (QED) is 0.314. The van der Waals surface area contributed by atoms with Crippen molar-refractivity contribution < 1.29 is 34.2 Å². The molecule has 40 heavy (non-hydrogen) atoms. The molecule has 3 aliphatic heterocycles. The Hall–Kier alpha value is -1.32. The first kappa shape index (κ1) is 33.2. The van der Waals surface area contributed by atoms with Crippen LogP contribution in [0.2, 0.25) is 0 Å².